The Hall–Kier alpha value is -2.08. The fourth-order valence-corrected chi connectivity index (χ4v) is 2.11. The van der Waals surface area contributed by atoms with Gasteiger partial charge in [0.15, 0.2) is 5.84 Å². The van der Waals surface area contributed by atoms with Crippen LogP contribution in [0.2, 0.25) is 0 Å². The number of halogens is 2. The highest BCUT2D eigenvalue weighted by Gasteiger charge is 2.08. The minimum Gasteiger partial charge on any atom is -0.488 e. The molecular weight excluding hydrogens is 339 g/mol. The van der Waals surface area contributed by atoms with Gasteiger partial charge in [0.2, 0.25) is 0 Å². The molecule has 0 radical (unpaired) electrons. The van der Waals surface area contributed by atoms with Crippen LogP contribution >= 0.6 is 15.9 Å². The largest absolute Gasteiger partial charge is 0.488 e. The first-order valence-electron chi connectivity index (χ1n) is 6.16. The van der Waals surface area contributed by atoms with Crippen molar-refractivity contribution in [3.63, 3.8) is 0 Å². The lowest BCUT2D eigenvalue weighted by atomic mass is 10.1. The molecule has 21 heavy (non-hydrogen) atoms. The summed E-state index contributed by atoms with van der Waals surface area (Å²) in [5.74, 6) is 0.0836. The van der Waals surface area contributed by atoms with E-state index in [0.717, 1.165) is 10.0 Å². The molecule has 3 N–H and O–H groups in total. The molecule has 0 aliphatic rings. The van der Waals surface area contributed by atoms with Crippen molar-refractivity contribution in [2.24, 2.45) is 10.9 Å². The number of nitrogens with zero attached hydrogens (tertiary/aromatic N) is 1. The zero-order valence-electron chi connectivity index (χ0n) is 11.3. The molecule has 4 nitrogen and oxygen atoms in total. The molecule has 0 unspecified atom stereocenters. The lowest BCUT2D eigenvalue weighted by Gasteiger charge is -2.11. The predicted octanol–water partition coefficient (Wildman–Crippen LogP) is 3.57. The van der Waals surface area contributed by atoms with Crippen molar-refractivity contribution < 1.29 is 14.3 Å². The summed E-state index contributed by atoms with van der Waals surface area (Å²) in [6.07, 6.45) is 0. The summed E-state index contributed by atoms with van der Waals surface area (Å²) >= 11 is 3.37. The highest BCUT2D eigenvalue weighted by atomic mass is 79.9. The van der Waals surface area contributed by atoms with E-state index in [-0.39, 0.29) is 12.4 Å². The first-order valence-corrected chi connectivity index (χ1v) is 6.96. The Balaban J connectivity index is 2.15. The first-order chi connectivity index (χ1) is 10.0. The number of amidine groups is 1. The van der Waals surface area contributed by atoms with Gasteiger partial charge in [-0.05, 0) is 30.7 Å². The third kappa shape index (κ3) is 3.72. The highest BCUT2D eigenvalue weighted by Crippen LogP contribution is 2.24. The summed E-state index contributed by atoms with van der Waals surface area (Å²) in [5, 5.41) is 11.4. The molecule has 0 bridgehead atoms. The maximum atomic E-state index is 13.9. The van der Waals surface area contributed by atoms with Gasteiger partial charge in [0, 0.05) is 15.6 Å². The molecule has 0 aliphatic heterocycles. The van der Waals surface area contributed by atoms with Gasteiger partial charge in [-0.2, -0.15) is 0 Å². The van der Waals surface area contributed by atoms with Gasteiger partial charge in [-0.15, -0.1) is 0 Å². The Bertz CT molecular complexity index is 689. The predicted molar refractivity (Wildman–Crippen MR) is 82.1 cm³/mol. The van der Waals surface area contributed by atoms with Crippen LogP contribution in [0.3, 0.4) is 0 Å². The van der Waals surface area contributed by atoms with Crippen LogP contribution in [0.25, 0.3) is 0 Å². The lowest BCUT2D eigenvalue weighted by molar-refractivity contribution is 0.297. The van der Waals surface area contributed by atoms with Gasteiger partial charge in [-0.3, -0.25) is 0 Å². The number of benzene rings is 2. The van der Waals surface area contributed by atoms with E-state index in [1.807, 2.05) is 25.1 Å². The summed E-state index contributed by atoms with van der Waals surface area (Å²) in [7, 11) is 0. The van der Waals surface area contributed by atoms with E-state index in [2.05, 4.69) is 21.1 Å². The number of hydrogen-bond donors (Lipinski definition) is 2. The van der Waals surface area contributed by atoms with Gasteiger partial charge in [0.05, 0.1) is 0 Å². The van der Waals surface area contributed by atoms with Crippen molar-refractivity contribution in [2.45, 2.75) is 13.5 Å². The van der Waals surface area contributed by atoms with E-state index in [4.69, 9.17) is 15.7 Å². The van der Waals surface area contributed by atoms with Crippen molar-refractivity contribution in [3.05, 3.63) is 63.4 Å². The standard InChI is InChI=1S/C15H14BrFN2O2/c1-9-2-5-12(16)7-14(9)21-8-11-4-3-10(6-13(11)17)15(18)19-20/h2-7,20H,8H2,1H3,(H2,18,19). The molecule has 0 saturated heterocycles. The van der Waals surface area contributed by atoms with E-state index < -0.39 is 5.82 Å². The molecule has 0 heterocycles. The van der Waals surface area contributed by atoms with E-state index in [9.17, 15) is 4.39 Å². The second-order valence-electron chi connectivity index (χ2n) is 4.49. The quantitative estimate of drug-likeness (QED) is 0.382. The third-order valence-electron chi connectivity index (χ3n) is 2.99. The van der Waals surface area contributed by atoms with Crippen LogP contribution < -0.4 is 10.5 Å². The molecule has 0 saturated carbocycles. The van der Waals surface area contributed by atoms with Gasteiger partial charge >= 0.3 is 0 Å². The molecule has 0 spiro atoms. The molecule has 6 heteroatoms. The van der Waals surface area contributed by atoms with Gasteiger partial charge in [0.1, 0.15) is 18.2 Å². The minimum absolute atomic E-state index is 0.0968. The van der Waals surface area contributed by atoms with Crippen LogP contribution in [-0.2, 0) is 6.61 Å². The number of ether oxygens (including phenoxy) is 1. The molecule has 2 aromatic rings. The Morgan fingerprint density at radius 3 is 2.76 bits per heavy atom. The number of aryl methyl sites for hydroxylation is 1. The van der Waals surface area contributed by atoms with Crippen molar-refractivity contribution in [1.82, 2.24) is 0 Å². The SMILES string of the molecule is Cc1ccc(Br)cc1OCc1ccc(/C(N)=N/O)cc1F. The summed E-state index contributed by atoms with van der Waals surface area (Å²) in [4.78, 5) is 0. The van der Waals surface area contributed by atoms with E-state index in [1.165, 1.54) is 6.07 Å². The first kappa shape index (κ1) is 15.3. The molecule has 110 valence electrons. The zero-order valence-corrected chi connectivity index (χ0v) is 12.9. The Morgan fingerprint density at radius 1 is 1.33 bits per heavy atom. The number of hydrogen-bond acceptors (Lipinski definition) is 3. The van der Waals surface area contributed by atoms with Gasteiger partial charge in [-0.1, -0.05) is 39.3 Å². The molecule has 0 fully saturated rings. The second kappa shape index (κ2) is 6.58. The Morgan fingerprint density at radius 2 is 2.10 bits per heavy atom. The summed E-state index contributed by atoms with van der Waals surface area (Å²) in [6.45, 7) is 2.01. The molecule has 2 aromatic carbocycles. The fraction of sp³-hybridized carbons (Fsp3) is 0.133. The van der Waals surface area contributed by atoms with Crippen molar-refractivity contribution in [2.75, 3.05) is 0 Å². The van der Waals surface area contributed by atoms with E-state index >= 15 is 0 Å². The Labute approximate surface area is 130 Å². The van der Waals surface area contributed by atoms with Gasteiger partial charge < -0.3 is 15.7 Å². The van der Waals surface area contributed by atoms with Gasteiger partial charge in [0.25, 0.3) is 0 Å². The van der Waals surface area contributed by atoms with Crippen LogP contribution in [0.1, 0.15) is 16.7 Å². The average molecular weight is 353 g/mol. The smallest absolute Gasteiger partial charge is 0.170 e. The molecule has 0 aliphatic carbocycles. The lowest BCUT2D eigenvalue weighted by Crippen LogP contribution is -2.13. The second-order valence-corrected chi connectivity index (χ2v) is 5.41. The molecule has 0 aromatic heterocycles. The van der Waals surface area contributed by atoms with Gasteiger partial charge in [-0.25, -0.2) is 4.39 Å². The topological polar surface area (TPSA) is 67.8 Å². The number of rotatable bonds is 4. The maximum Gasteiger partial charge on any atom is 0.170 e. The Kier molecular flexibility index (Phi) is 4.80. The monoisotopic (exact) mass is 352 g/mol. The van der Waals surface area contributed by atoms with Crippen LogP contribution in [0.15, 0.2) is 46.0 Å². The molecule has 0 amide bonds. The van der Waals surface area contributed by atoms with Crippen molar-refractivity contribution >= 4 is 21.8 Å². The highest BCUT2D eigenvalue weighted by molar-refractivity contribution is 9.10. The van der Waals surface area contributed by atoms with Crippen molar-refractivity contribution in [1.29, 1.82) is 0 Å². The number of oxime groups is 1. The summed E-state index contributed by atoms with van der Waals surface area (Å²) in [5.41, 5.74) is 7.09. The van der Waals surface area contributed by atoms with E-state index in [0.29, 0.717) is 16.9 Å². The fourth-order valence-electron chi connectivity index (χ4n) is 1.77. The third-order valence-corrected chi connectivity index (χ3v) is 3.48. The number of nitrogens with two attached hydrogens (primary N) is 1. The summed E-state index contributed by atoms with van der Waals surface area (Å²) in [6, 6.07) is 9.99. The van der Waals surface area contributed by atoms with Crippen molar-refractivity contribution in [3.8, 4) is 5.75 Å². The average Bonchev–Trinajstić information content (AvgIpc) is 2.48. The molecular formula is C15H14BrFN2O2. The molecule has 2 rings (SSSR count). The van der Waals surface area contributed by atoms with E-state index in [1.54, 1.807) is 12.1 Å². The van der Waals surface area contributed by atoms with Crippen LogP contribution in [-0.4, -0.2) is 11.0 Å². The maximum absolute atomic E-state index is 13.9. The van der Waals surface area contributed by atoms with Crippen LogP contribution in [0.5, 0.6) is 5.75 Å². The summed E-state index contributed by atoms with van der Waals surface area (Å²) < 4.78 is 20.5. The van der Waals surface area contributed by atoms with Crippen LogP contribution in [0, 0.1) is 12.7 Å². The molecule has 0 atom stereocenters. The normalized spacial score (nSPS) is 11.5. The minimum atomic E-state index is -0.466. The van der Waals surface area contributed by atoms with Crippen LogP contribution in [0.4, 0.5) is 4.39 Å². The zero-order chi connectivity index (χ0) is 15.4.